The first-order valence-electron chi connectivity index (χ1n) is 6.76. The van der Waals surface area contributed by atoms with Gasteiger partial charge in [0.1, 0.15) is 0 Å². The van der Waals surface area contributed by atoms with E-state index in [0.29, 0.717) is 29.4 Å². The minimum Gasteiger partial charge on any atom is -0.397 e. The van der Waals surface area contributed by atoms with Crippen molar-refractivity contribution in [2.45, 2.75) is 13.5 Å². The van der Waals surface area contributed by atoms with Crippen molar-refractivity contribution in [2.24, 2.45) is 0 Å². The summed E-state index contributed by atoms with van der Waals surface area (Å²) in [5.41, 5.74) is 8.90. The third-order valence-electron chi connectivity index (χ3n) is 3.02. The van der Waals surface area contributed by atoms with Crippen LogP contribution in [0.25, 0.3) is 0 Å². The van der Waals surface area contributed by atoms with Gasteiger partial charge >= 0.3 is 0 Å². The minimum absolute atomic E-state index is 0.108. The van der Waals surface area contributed by atoms with E-state index in [1.54, 1.807) is 18.2 Å². The number of anilines is 2. The van der Waals surface area contributed by atoms with Crippen molar-refractivity contribution < 1.29 is 4.79 Å². The first-order chi connectivity index (χ1) is 10.1. The van der Waals surface area contributed by atoms with E-state index in [0.717, 1.165) is 11.3 Å². The van der Waals surface area contributed by atoms with E-state index in [-0.39, 0.29) is 5.91 Å². The van der Waals surface area contributed by atoms with Crippen molar-refractivity contribution in [3.05, 3.63) is 58.6 Å². The Bertz CT molecular complexity index is 643. The van der Waals surface area contributed by atoms with E-state index in [9.17, 15) is 4.79 Å². The number of hydrogen-bond donors (Lipinski definition) is 3. The van der Waals surface area contributed by atoms with Crippen LogP contribution in [0, 0.1) is 0 Å². The minimum atomic E-state index is -0.108. The van der Waals surface area contributed by atoms with E-state index < -0.39 is 0 Å². The fraction of sp³-hybridized carbons (Fsp3) is 0.188. The molecule has 0 radical (unpaired) electrons. The van der Waals surface area contributed by atoms with Gasteiger partial charge in [0.25, 0.3) is 5.91 Å². The van der Waals surface area contributed by atoms with Gasteiger partial charge in [-0.05, 0) is 42.8 Å². The smallest absolute Gasteiger partial charge is 0.251 e. The fourth-order valence-electron chi connectivity index (χ4n) is 1.96. The maximum atomic E-state index is 11.8. The van der Waals surface area contributed by atoms with Gasteiger partial charge < -0.3 is 16.4 Å². The van der Waals surface area contributed by atoms with Crippen LogP contribution < -0.4 is 16.4 Å². The lowest BCUT2D eigenvalue weighted by Gasteiger charge is -2.11. The number of nitrogen functional groups attached to an aromatic ring is 1. The van der Waals surface area contributed by atoms with Gasteiger partial charge in [-0.1, -0.05) is 23.7 Å². The van der Waals surface area contributed by atoms with Crippen molar-refractivity contribution in [3.63, 3.8) is 0 Å². The number of nitrogens with two attached hydrogens (primary N) is 1. The number of amides is 1. The molecular formula is C16H18ClN3O. The largest absolute Gasteiger partial charge is 0.397 e. The molecule has 2 aromatic carbocycles. The van der Waals surface area contributed by atoms with E-state index >= 15 is 0 Å². The SMILES string of the molecule is CCNC(=O)c1ccc(N)c(NCc2cccc(Cl)c2)c1. The van der Waals surface area contributed by atoms with Crippen LogP contribution in [0.1, 0.15) is 22.8 Å². The van der Waals surface area contributed by atoms with Gasteiger partial charge in [-0.2, -0.15) is 0 Å². The number of nitrogens with one attached hydrogen (secondary N) is 2. The number of halogens is 1. The Morgan fingerprint density at radius 1 is 1.24 bits per heavy atom. The van der Waals surface area contributed by atoms with E-state index in [1.165, 1.54) is 0 Å². The molecule has 21 heavy (non-hydrogen) atoms. The number of benzene rings is 2. The van der Waals surface area contributed by atoms with Gasteiger partial charge in [0.15, 0.2) is 0 Å². The van der Waals surface area contributed by atoms with Crippen molar-refractivity contribution in [1.82, 2.24) is 5.32 Å². The molecule has 0 atom stereocenters. The molecule has 0 unspecified atom stereocenters. The monoisotopic (exact) mass is 303 g/mol. The topological polar surface area (TPSA) is 67.2 Å². The second-order valence-electron chi connectivity index (χ2n) is 4.64. The van der Waals surface area contributed by atoms with Gasteiger partial charge in [0, 0.05) is 23.7 Å². The van der Waals surface area contributed by atoms with Crippen LogP contribution in [0.3, 0.4) is 0 Å². The van der Waals surface area contributed by atoms with Crippen LogP contribution in [0.5, 0.6) is 0 Å². The Labute approximate surface area is 129 Å². The molecule has 0 saturated carbocycles. The van der Waals surface area contributed by atoms with E-state index in [4.69, 9.17) is 17.3 Å². The number of carbonyl (C=O) groups is 1. The van der Waals surface area contributed by atoms with Crippen LogP contribution in [0.15, 0.2) is 42.5 Å². The Hall–Kier alpha value is -2.20. The van der Waals surface area contributed by atoms with Crippen molar-refractivity contribution in [2.75, 3.05) is 17.6 Å². The predicted molar refractivity (Wildman–Crippen MR) is 87.6 cm³/mol. The Morgan fingerprint density at radius 2 is 2.05 bits per heavy atom. The highest BCUT2D eigenvalue weighted by molar-refractivity contribution is 6.30. The second-order valence-corrected chi connectivity index (χ2v) is 5.08. The summed E-state index contributed by atoms with van der Waals surface area (Å²) in [6, 6.07) is 12.8. The Morgan fingerprint density at radius 3 is 2.76 bits per heavy atom. The van der Waals surface area contributed by atoms with Crippen LogP contribution >= 0.6 is 11.6 Å². The van der Waals surface area contributed by atoms with Crippen LogP contribution in [0.4, 0.5) is 11.4 Å². The van der Waals surface area contributed by atoms with Gasteiger partial charge in [-0.3, -0.25) is 4.79 Å². The molecule has 4 nitrogen and oxygen atoms in total. The zero-order valence-corrected chi connectivity index (χ0v) is 12.6. The quantitative estimate of drug-likeness (QED) is 0.743. The molecule has 0 bridgehead atoms. The molecule has 0 aliphatic rings. The number of rotatable bonds is 5. The summed E-state index contributed by atoms with van der Waals surface area (Å²) in [5, 5.41) is 6.69. The molecule has 110 valence electrons. The molecule has 0 spiro atoms. The van der Waals surface area contributed by atoms with Crippen LogP contribution in [-0.2, 0) is 6.54 Å². The zero-order valence-electron chi connectivity index (χ0n) is 11.8. The average Bonchev–Trinajstić information content (AvgIpc) is 2.46. The summed E-state index contributed by atoms with van der Waals surface area (Å²) in [5.74, 6) is -0.108. The third-order valence-corrected chi connectivity index (χ3v) is 3.26. The first-order valence-corrected chi connectivity index (χ1v) is 7.14. The number of carbonyl (C=O) groups excluding carboxylic acids is 1. The molecule has 5 heteroatoms. The Kier molecular flexibility index (Phi) is 5.06. The molecule has 4 N–H and O–H groups in total. The number of hydrogen-bond acceptors (Lipinski definition) is 3. The molecule has 2 aromatic rings. The van der Waals surface area contributed by atoms with Gasteiger partial charge in [-0.15, -0.1) is 0 Å². The molecule has 0 heterocycles. The second kappa shape index (κ2) is 6.99. The van der Waals surface area contributed by atoms with E-state index in [2.05, 4.69) is 10.6 Å². The molecule has 2 rings (SSSR count). The van der Waals surface area contributed by atoms with Crippen LogP contribution in [0.2, 0.25) is 5.02 Å². The third kappa shape index (κ3) is 4.13. The average molecular weight is 304 g/mol. The summed E-state index contributed by atoms with van der Waals surface area (Å²) in [4.78, 5) is 11.8. The maximum Gasteiger partial charge on any atom is 0.251 e. The standard InChI is InChI=1S/C16H18ClN3O/c1-2-19-16(21)12-6-7-14(18)15(9-12)20-10-11-4-3-5-13(17)8-11/h3-9,20H,2,10,18H2,1H3,(H,19,21). The molecular weight excluding hydrogens is 286 g/mol. The van der Waals surface area contributed by atoms with Crippen molar-refractivity contribution in [3.8, 4) is 0 Å². The summed E-state index contributed by atoms with van der Waals surface area (Å²) in [6.07, 6.45) is 0. The lowest BCUT2D eigenvalue weighted by molar-refractivity contribution is 0.0956. The highest BCUT2D eigenvalue weighted by atomic mass is 35.5. The van der Waals surface area contributed by atoms with Crippen molar-refractivity contribution in [1.29, 1.82) is 0 Å². The van der Waals surface area contributed by atoms with Gasteiger partial charge in [-0.25, -0.2) is 0 Å². The molecule has 0 fully saturated rings. The maximum absolute atomic E-state index is 11.8. The summed E-state index contributed by atoms with van der Waals surface area (Å²) < 4.78 is 0. The molecule has 0 aromatic heterocycles. The first kappa shape index (κ1) is 15.2. The summed E-state index contributed by atoms with van der Waals surface area (Å²) in [7, 11) is 0. The highest BCUT2D eigenvalue weighted by Crippen LogP contribution is 2.21. The van der Waals surface area contributed by atoms with Crippen molar-refractivity contribution >= 4 is 28.9 Å². The lowest BCUT2D eigenvalue weighted by atomic mass is 10.1. The predicted octanol–water partition coefficient (Wildman–Crippen LogP) is 3.28. The molecule has 0 aliphatic carbocycles. The molecule has 1 amide bonds. The van der Waals surface area contributed by atoms with Gasteiger partial charge in [0.2, 0.25) is 0 Å². The fourth-order valence-corrected chi connectivity index (χ4v) is 2.17. The highest BCUT2D eigenvalue weighted by Gasteiger charge is 2.07. The normalized spacial score (nSPS) is 10.2. The summed E-state index contributed by atoms with van der Waals surface area (Å²) >= 11 is 5.95. The van der Waals surface area contributed by atoms with E-state index in [1.807, 2.05) is 31.2 Å². The van der Waals surface area contributed by atoms with Gasteiger partial charge in [0.05, 0.1) is 11.4 Å². The van der Waals surface area contributed by atoms with Crippen LogP contribution in [-0.4, -0.2) is 12.5 Å². The Balaban J connectivity index is 2.12. The summed E-state index contributed by atoms with van der Waals surface area (Å²) in [6.45, 7) is 3.06. The molecule has 0 aliphatic heterocycles. The zero-order chi connectivity index (χ0) is 15.2. The lowest BCUT2D eigenvalue weighted by Crippen LogP contribution is -2.22. The molecule has 0 saturated heterocycles.